The molecule has 8 nitrogen and oxygen atoms in total. The van der Waals surface area contributed by atoms with E-state index in [1.54, 1.807) is 0 Å². The first kappa shape index (κ1) is 54.8. The van der Waals surface area contributed by atoms with Crippen molar-refractivity contribution in [1.29, 1.82) is 0 Å². The summed E-state index contributed by atoms with van der Waals surface area (Å²) in [6.45, 7) is 4.73. The van der Waals surface area contributed by atoms with Gasteiger partial charge in [0.1, 0.15) is 6.61 Å². The summed E-state index contributed by atoms with van der Waals surface area (Å²) in [6.07, 6.45) is 45.1. The molecule has 0 saturated carbocycles. The maximum atomic E-state index is 12.7. The van der Waals surface area contributed by atoms with E-state index in [9.17, 15) is 19.5 Å². The van der Waals surface area contributed by atoms with E-state index in [1.165, 1.54) is 135 Å². The second-order valence-electron chi connectivity index (χ2n) is 17.4. The predicted octanol–water partition coefficient (Wildman–Crippen LogP) is 13.3. The number of hydrogen-bond donors (Lipinski definition) is 1. The van der Waals surface area contributed by atoms with Crippen molar-refractivity contribution < 1.29 is 38.2 Å². The van der Waals surface area contributed by atoms with Crippen LogP contribution in [-0.2, 0) is 28.6 Å². The van der Waals surface area contributed by atoms with Gasteiger partial charge in [-0.05, 0) is 38.5 Å². The standard InChI is InChI=1S/C49H91NO7/c1-6-8-10-12-14-16-18-20-22-24-26-28-30-32-34-36-38-40-48(52)57-45(43-55-42-41-46(49(53)54)50(3,4)5)44-56-47(51)39-37-35-33-31-29-27-25-23-21-19-17-15-13-11-9-7-2/h23,25,27,29,45-46H,6-22,24,26,28,30-44H2,1-5H3/p+1/b25-23+,29-27+. The van der Waals surface area contributed by atoms with Crippen molar-refractivity contribution in [2.75, 3.05) is 41.0 Å². The van der Waals surface area contributed by atoms with Crippen LogP contribution in [0.25, 0.3) is 0 Å². The number of hydrogen-bond acceptors (Lipinski definition) is 6. The van der Waals surface area contributed by atoms with E-state index >= 15 is 0 Å². The molecule has 0 fully saturated rings. The molecule has 0 rings (SSSR count). The summed E-state index contributed by atoms with van der Waals surface area (Å²) in [4.78, 5) is 37.0. The lowest BCUT2D eigenvalue weighted by atomic mass is 10.0. The highest BCUT2D eigenvalue weighted by Crippen LogP contribution is 2.16. The number of aliphatic carboxylic acids is 1. The topological polar surface area (TPSA) is 99.1 Å². The Hall–Kier alpha value is -2.19. The molecule has 0 aromatic rings. The molecule has 57 heavy (non-hydrogen) atoms. The number of likely N-dealkylation sites (N-methyl/N-ethyl adjacent to an activating group) is 1. The molecule has 0 amide bonds. The second-order valence-corrected chi connectivity index (χ2v) is 17.4. The Balaban J connectivity index is 4.32. The summed E-state index contributed by atoms with van der Waals surface area (Å²) in [6, 6.07) is -0.616. The molecule has 334 valence electrons. The van der Waals surface area contributed by atoms with E-state index in [4.69, 9.17) is 14.2 Å². The Labute approximate surface area is 351 Å². The van der Waals surface area contributed by atoms with Gasteiger partial charge in [-0.2, -0.15) is 0 Å². The third-order valence-electron chi connectivity index (χ3n) is 10.9. The van der Waals surface area contributed by atoms with Crippen LogP contribution in [0.5, 0.6) is 0 Å². The van der Waals surface area contributed by atoms with Gasteiger partial charge in [0.2, 0.25) is 0 Å². The van der Waals surface area contributed by atoms with Crippen molar-refractivity contribution in [3.63, 3.8) is 0 Å². The lowest BCUT2D eigenvalue weighted by molar-refractivity contribution is -0.887. The lowest BCUT2D eigenvalue weighted by Gasteiger charge is -2.31. The minimum absolute atomic E-state index is 0.0569. The maximum absolute atomic E-state index is 12.7. The van der Waals surface area contributed by atoms with Gasteiger partial charge in [0, 0.05) is 19.3 Å². The molecule has 2 atom stereocenters. The summed E-state index contributed by atoms with van der Waals surface area (Å²) in [5.74, 6) is -1.49. The Kier molecular flexibility index (Phi) is 39.0. The number of ether oxygens (including phenoxy) is 3. The first-order valence-electron chi connectivity index (χ1n) is 23.9. The fourth-order valence-electron chi connectivity index (χ4n) is 7.14. The molecule has 0 heterocycles. The monoisotopic (exact) mass is 807 g/mol. The molecule has 0 saturated heterocycles. The summed E-state index contributed by atoms with van der Waals surface area (Å²) >= 11 is 0. The molecule has 8 heteroatoms. The second kappa shape index (κ2) is 40.6. The van der Waals surface area contributed by atoms with Crippen molar-refractivity contribution in [2.45, 2.75) is 231 Å². The largest absolute Gasteiger partial charge is 0.477 e. The third kappa shape index (κ3) is 39.1. The highest BCUT2D eigenvalue weighted by atomic mass is 16.6. The molecule has 0 aromatic heterocycles. The van der Waals surface area contributed by atoms with Crippen LogP contribution in [0.4, 0.5) is 0 Å². The van der Waals surface area contributed by atoms with E-state index in [2.05, 4.69) is 38.2 Å². The highest BCUT2D eigenvalue weighted by molar-refractivity contribution is 5.72. The van der Waals surface area contributed by atoms with Gasteiger partial charge < -0.3 is 23.8 Å². The van der Waals surface area contributed by atoms with Gasteiger partial charge in [-0.15, -0.1) is 0 Å². The maximum Gasteiger partial charge on any atom is 0.362 e. The fraction of sp³-hybridized carbons (Fsp3) is 0.857. The highest BCUT2D eigenvalue weighted by Gasteiger charge is 2.31. The molecule has 0 aliphatic carbocycles. The van der Waals surface area contributed by atoms with Crippen molar-refractivity contribution in [1.82, 2.24) is 0 Å². The van der Waals surface area contributed by atoms with Crippen molar-refractivity contribution >= 4 is 17.9 Å². The minimum Gasteiger partial charge on any atom is -0.477 e. The SMILES string of the molecule is CCCCCCCCC/C=C/C=C/CCCCCC(=O)OCC(COCCC(C(=O)O)[N+](C)(C)C)OC(=O)CCCCCCCCCCCCCCCCCCC. The molecule has 0 bridgehead atoms. The van der Waals surface area contributed by atoms with Gasteiger partial charge in [0.15, 0.2) is 12.1 Å². The van der Waals surface area contributed by atoms with Gasteiger partial charge in [-0.3, -0.25) is 9.59 Å². The van der Waals surface area contributed by atoms with Crippen LogP contribution in [0.3, 0.4) is 0 Å². The van der Waals surface area contributed by atoms with Crippen LogP contribution in [0.1, 0.15) is 219 Å². The molecule has 0 radical (unpaired) electrons. The number of carboxylic acids is 1. The van der Waals surface area contributed by atoms with Crippen molar-refractivity contribution in [2.24, 2.45) is 0 Å². The normalized spacial score (nSPS) is 13.1. The average Bonchev–Trinajstić information content (AvgIpc) is 3.17. The van der Waals surface area contributed by atoms with Crippen LogP contribution < -0.4 is 0 Å². The first-order chi connectivity index (χ1) is 27.6. The van der Waals surface area contributed by atoms with E-state index in [1.807, 2.05) is 21.1 Å². The number of rotatable bonds is 43. The number of allylic oxidation sites excluding steroid dienone is 4. The number of esters is 2. The van der Waals surface area contributed by atoms with Gasteiger partial charge in [0.25, 0.3) is 0 Å². The zero-order valence-electron chi connectivity index (χ0n) is 38.1. The Morgan fingerprint density at radius 2 is 0.912 bits per heavy atom. The summed E-state index contributed by atoms with van der Waals surface area (Å²) in [7, 11) is 5.53. The zero-order chi connectivity index (χ0) is 42.1. The van der Waals surface area contributed by atoms with Crippen molar-refractivity contribution in [3.8, 4) is 0 Å². The number of carbonyl (C=O) groups is 3. The minimum atomic E-state index is -0.876. The van der Waals surface area contributed by atoms with Gasteiger partial charge >= 0.3 is 17.9 Å². The van der Waals surface area contributed by atoms with E-state index in [0.717, 1.165) is 51.4 Å². The van der Waals surface area contributed by atoms with E-state index in [-0.39, 0.29) is 36.2 Å². The molecular formula is C49H92NO7+. The van der Waals surface area contributed by atoms with Crippen LogP contribution >= 0.6 is 0 Å². The molecule has 0 spiro atoms. The summed E-state index contributed by atoms with van der Waals surface area (Å²) in [5, 5.41) is 9.63. The van der Waals surface area contributed by atoms with Gasteiger partial charge in [-0.25, -0.2) is 4.79 Å². The lowest BCUT2D eigenvalue weighted by Crippen LogP contribution is -2.50. The quantitative estimate of drug-likeness (QED) is 0.0283. The van der Waals surface area contributed by atoms with Crippen molar-refractivity contribution in [3.05, 3.63) is 24.3 Å². The Bertz CT molecular complexity index is 989. The molecule has 0 aromatic carbocycles. The fourth-order valence-corrected chi connectivity index (χ4v) is 7.14. The smallest absolute Gasteiger partial charge is 0.362 e. The number of nitrogens with zero attached hydrogens (tertiary/aromatic N) is 1. The van der Waals surface area contributed by atoms with Gasteiger partial charge in [0.05, 0.1) is 34.4 Å². The first-order valence-corrected chi connectivity index (χ1v) is 23.9. The van der Waals surface area contributed by atoms with Crippen LogP contribution in [0.15, 0.2) is 24.3 Å². The third-order valence-corrected chi connectivity index (χ3v) is 10.9. The van der Waals surface area contributed by atoms with Crippen LogP contribution in [-0.4, -0.2) is 80.6 Å². The number of unbranched alkanes of at least 4 members (excludes halogenated alkanes) is 26. The van der Waals surface area contributed by atoms with Crippen LogP contribution in [0.2, 0.25) is 0 Å². The van der Waals surface area contributed by atoms with E-state index < -0.39 is 18.1 Å². The Morgan fingerprint density at radius 3 is 1.33 bits per heavy atom. The Morgan fingerprint density at radius 1 is 0.526 bits per heavy atom. The summed E-state index contributed by atoms with van der Waals surface area (Å²) in [5.41, 5.74) is 0. The molecule has 0 aliphatic rings. The average molecular weight is 807 g/mol. The molecular weight excluding hydrogens is 715 g/mol. The van der Waals surface area contributed by atoms with Gasteiger partial charge in [-0.1, -0.05) is 186 Å². The molecule has 0 aliphatic heterocycles. The number of carboxylic acid groups (broad SMARTS) is 1. The number of quaternary nitrogens is 1. The van der Waals surface area contributed by atoms with Crippen LogP contribution in [0, 0.1) is 0 Å². The predicted molar refractivity (Wildman–Crippen MR) is 238 cm³/mol. The summed E-state index contributed by atoms with van der Waals surface area (Å²) < 4.78 is 17.3. The van der Waals surface area contributed by atoms with E-state index in [0.29, 0.717) is 19.3 Å². The molecule has 2 unspecified atom stereocenters. The zero-order valence-corrected chi connectivity index (χ0v) is 38.1. The number of carbonyl (C=O) groups excluding carboxylic acids is 2. The molecule has 1 N–H and O–H groups in total.